The number of carbonyl (C=O) groups excluding carboxylic acids is 1. The van der Waals surface area contributed by atoms with Gasteiger partial charge in [-0.25, -0.2) is 0 Å². The summed E-state index contributed by atoms with van der Waals surface area (Å²) in [6.45, 7) is 1.30. The largest absolute Gasteiger partial charge is 0.493 e. The van der Waals surface area contributed by atoms with Crippen LogP contribution in [0.4, 0.5) is 5.69 Å². The van der Waals surface area contributed by atoms with Crippen LogP contribution in [0.15, 0.2) is 60.7 Å². The summed E-state index contributed by atoms with van der Waals surface area (Å²) >= 11 is 0. The molecule has 0 atom stereocenters. The minimum Gasteiger partial charge on any atom is -0.493 e. The molecule has 5 heteroatoms. The molecule has 0 unspecified atom stereocenters. The monoisotopic (exact) mass is 378 g/mol. The fourth-order valence-corrected chi connectivity index (χ4v) is 3.29. The van der Waals surface area contributed by atoms with Crippen LogP contribution in [0.1, 0.15) is 12.0 Å². The fraction of sp³-hybridized carbons (Fsp3) is 0.261. The van der Waals surface area contributed by atoms with Gasteiger partial charge in [0.05, 0.1) is 14.2 Å². The lowest BCUT2D eigenvalue weighted by molar-refractivity contribution is -0.116. The van der Waals surface area contributed by atoms with E-state index in [1.807, 2.05) is 67.7 Å². The predicted molar refractivity (Wildman–Crippen MR) is 113 cm³/mol. The summed E-state index contributed by atoms with van der Waals surface area (Å²) in [5, 5.41) is 5.20. The van der Waals surface area contributed by atoms with Gasteiger partial charge in [0.25, 0.3) is 0 Å². The van der Waals surface area contributed by atoms with Crippen LogP contribution in [0.25, 0.3) is 10.8 Å². The summed E-state index contributed by atoms with van der Waals surface area (Å²) < 4.78 is 10.8. The highest BCUT2D eigenvalue weighted by atomic mass is 16.5. The third-order valence-corrected chi connectivity index (χ3v) is 4.71. The lowest BCUT2D eigenvalue weighted by atomic mass is 10.1. The van der Waals surface area contributed by atoms with Crippen molar-refractivity contribution in [3.8, 4) is 11.5 Å². The van der Waals surface area contributed by atoms with Crippen molar-refractivity contribution in [2.45, 2.75) is 13.0 Å². The Kier molecular flexibility index (Phi) is 6.50. The average molecular weight is 378 g/mol. The Morgan fingerprint density at radius 3 is 2.50 bits per heavy atom. The molecule has 0 saturated carbocycles. The minimum absolute atomic E-state index is 0.000750. The molecule has 1 amide bonds. The molecule has 0 spiro atoms. The van der Waals surface area contributed by atoms with Crippen LogP contribution in [0.5, 0.6) is 11.5 Å². The maximum atomic E-state index is 12.5. The fourth-order valence-electron chi connectivity index (χ4n) is 3.29. The molecule has 3 aromatic rings. The number of benzene rings is 3. The van der Waals surface area contributed by atoms with Crippen molar-refractivity contribution in [1.29, 1.82) is 0 Å². The lowest BCUT2D eigenvalue weighted by Crippen LogP contribution is -2.24. The number of para-hydroxylation sites is 1. The molecule has 5 nitrogen and oxygen atoms in total. The minimum atomic E-state index is 0.000750. The van der Waals surface area contributed by atoms with Crippen LogP contribution in [-0.2, 0) is 11.3 Å². The number of nitrogens with one attached hydrogen (secondary N) is 1. The second-order valence-electron chi connectivity index (χ2n) is 6.72. The van der Waals surface area contributed by atoms with Gasteiger partial charge in [0.2, 0.25) is 5.91 Å². The van der Waals surface area contributed by atoms with E-state index in [-0.39, 0.29) is 5.91 Å². The number of fused-ring (bicyclic) bond motifs is 1. The Balaban J connectivity index is 1.59. The molecule has 1 N–H and O–H groups in total. The van der Waals surface area contributed by atoms with Crippen molar-refractivity contribution in [3.05, 3.63) is 66.2 Å². The standard InChI is InChI=1S/C23H26N2O3/c1-25(16-18-10-7-13-21(27-2)23(18)28-3)15-14-22(26)24-20-12-6-9-17-8-4-5-11-19(17)20/h4-13H,14-16H2,1-3H3,(H,24,26). The molecule has 0 radical (unpaired) electrons. The van der Waals surface area contributed by atoms with Gasteiger partial charge >= 0.3 is 0 Å². The Morgan fingerprint density at radius 1 is 0.964 bits per heavy atom. The van der Waals surface area contributed by atoms with Crippen LogP contribution >= 0.6 is 0 Å². The molecule has 3 aromatic carbocycles. The zero-order chi connectivity index (χ0) is 19.9. The van der Waals surface area contributed by atoms with Gasteiger partial charge in [-0.15, -0.1) is 0 Å². The van der Waals surface area contributed by atoms with Crippen LogP contribution in [0.2, 0.25) is 0 Å². The van der Waals surface area contributed by atoms with E-state index in [4.69, 9.17) is 9.47 Å². The molecule has 0 bridgehead atoms. The number of methoxy groups -OCH3 is 2. The number of ether oxygens (including phenoxy) is 2. The van der Waals surface area contributed by atoms with Crippen molar-refractivity contribution >= 4 is 22.4 Å². The van der Waals surface area contributed by atoms with E-state index in [1.54, 1.807) is 14.2 Å². The molecular weight excluding hydrogens is 352 g/mol. The van der Waals surface area contributed by atoms with Gasteiger partial charge < -0.3 is 19.7 Å². The Morgan fingerprint density at radius 2 is 1.71 bits per heavy atom. The number of anilines is 1. The molecule has 146 valence electrons. The highest BCUT2D eigenvalue weighted by molar-refractivity contribution is 6.02. The van der Waals surface area contributed by atoms with E-state index >= 15 is 0 Å². The van der Waals surface area contributed by atoms with E-state index in [9.17, 15) is 4.79 Å². The van der Waals surface area contributed by atoms with Crippen molar-refractivity contribution in [2.24, 2.45) is 0 Å². The van der Waals surface area contributed by atoms with Gasteiger partial charge in [-0.2, -0.15) is 0 Å². The van der Waals surface area contributed by atoms with Gasteiger partial charge in [-0.3, -0.25) is 4.79 Å². The molecule has 0 aliphatic rings. The van der Waals surface area contributed by atoms with E-state index in [1.165, 1.54) is 0 Å². The number of carbonyl (C=O) groups is 1. The smallest absolute Gasteiger partial charge is 0.225 e. The molecule has 0 aliphatic carbocycles. The van der Waals surface area contributed by atoms with E-state index < -0.39 is 0 Å². The van der Waals surface area contributed by atoms with E-state index in [0.717, 1.165) is 27.8 Å². The molecular formula is C23H26N2O3. The zero-order valence-corrected chi connectivity index (χ0v) is 16.6. The first-order chi connectivity index (χ1) is 13.6. The third kappa shape index (κ3) is 4.61. The number of rotatable bonds is 8. The summed E-state index contributed by atoms with van der Waals surface area (Å²) in [5.74, 6) is 1.44. The topological polar surface area (TPSA) is 50.8 Å². The first-order valence-corrected chi connectivity index (χ1v) is 9.28. The quantitative estimate of drug-likeness (QED) is 0.634. The van der Waals surface area contributed by atoms with Gasteiger partial charge in [0.15, 0.2) is 11.5 Å². The maximum absolute atomic E-state index is 12.5. The second-order valence-corrected chi connectivity index (χ2v) is 6.72. The Bertz CT molecular complexity index is 950. The zero-order valence-electron chi connectivity index (χ0n) is 16.6. The first kappa shape index (κ1) is 19.7. The molecule has 3 rings (SSSR count). The predicted octanol–water partition coefficient (Wildman–Crippen LogP) is 4.32. The van der Waals surface area contributed by atoms with Crippen LogP contribution < -0.4 is 14.8 Å². The number of hydrogen-bond donors (Lipinski definition) is 1. The SMILES string of the molecule is COc1cccc(CN(C)CCC(=O)Nc2cccc3ccccc23)c1OC. The van der Waals surface area contributed by atoms with E-state index in [2.05, 4.69) is 10.2 Å². The molecule has 0 fully saturated rings. The molecule has 28 heavy (non-hydrogen) atoms. The molecule has 0 aliphatic heterocycles. The van der Waals surface area contributed by atoms with Gasteiger partial charge in [0, 0.05) is 36.1 Å². The van der Waals surface area contributed by atoms with Gasteiger partial charge in [0.1, 0.15) is 0 Å². The summed E-state index contributed by atoms with van der Waals surface area (Å²) in [5.41, 5.74) is 1.87. The first-order valence-electron chi connectivity index (χ1n) is 9.28. The van der Waals surface area contributed by atoms with Gasteiger partial charge in [-0.1, -0.05) is 48.5 Å². The third-order valence-electron chi connectivity index (χ3n) is 4.71. The Hall–Kier alpha value is -3.05. The normalized spacial score (nSPS) is 10.9. The van der Waals surface area contributed by atoms with Crippen LogP contribution in [0, 0.1) is 0 Å². The highest BCUT2D eigenvalue weighted by Crippen LogP contribution is 2.31. The lowest BCUT2D eigenvalue weighted by Gasteiger charge is -2.19. The van der Waals surface area contributed by atoms with E-state index in [0.29, 0.717) is 25.3 Å². The second kappa shape index (κ2) is 9.24. The van der Waals surface area contributed by atoms with Crippen molar-refractivity contribution in [2.75, 3.05) is 33.1 Å². The molecule has 0 heterocycles. The van der Waals surface area contributed by atoms with Gasteiger partial charge in [-0.05, 0) is 24.6 Å². The number of nitrogens with zero attached hydrogens (tertiary/aromatic N) is 1. The summed E-state index contributed by atoms with van der Waals surface area (Å²) in [7, 11) is 5.26. The summed E-state index contributed by atoms with van der Waals surface area (Å²) in [6.07, 6.45) is 0.409. The summed E-state index contributed by atoms with van der Waals surface area (Å²) in [4.78, 5) is 14.6. The maximum Gasteiger partial charge on any atom is 0.225 e. The average Bonchev–Trinajstić information content (AvgIpc) is 2.72. The summed E-state index contributed by atoms with van der Waals surface area (Å²) in [6, 6.07) is 19.8. The molecule has 0 saturated heterocycles. The number of hydrogen-bond acceptors (Lipinski definition) is 4. The number of amides is 1. The van der Waals surface area contributed by atoms with Crippen LogP contribution in [-0.4, -0.2) is 38.6 Å². The highest BCUT2D eigenvalue weighted by Gasteiger charge is 2.13. The Labute approximate surface area is 165 Å². The molecule has 0 aromatic heterocycles. The van der Waals surface area contributed by atoms with Crippen LogP contribution in [0.3, 0.4) is 0 Å². The van der Waals surface area contributed by atoms with Crippen molar-refractivity contribution < 1.29 is 14.3 Å². The van der Waals surface area contributed by atoms with Crippen molar-refractivity contribution in [3.63, 3.8) is 0 Å². The van der Waals surface area contributed by atoms with Crippen molar-refractivity contribution in [1.82, 2.24) is 4.90 Å².